The van der Waals surface area contributed by atoms with Crippen LogP contribution in [0.5, 0.6) is 0 Å². The maximum Gasteiger partial charge on any atom is 0.338 e. The predicted molar refractivity (Wildman–Crippen MR) is 123 cm³/mol. The maximum absolute atomic E-state index is 12.3. The number of aryl methyl sites for hydroxylation is 1. The third-order valence-corrected chi connectivity index (χ3v) is 4.85. The molecule has 0 atom stereocenters. The van der Waals surface area contributed by atoms with E-state index in [1.165, 1.54) is 11.1 Å². The monoisotopic (exact) mass is 416 g/mol. The molecule has 0 saturated carbocycles. The Balaban J connectivity index is 1.44. The first-order valence-corrected chi connectivity index (χ1v) is 10.4. The van der Waals surface area contributed by atoms with Crippen molar-refractivity contribution in [3.05, 3.63) is 101 Å². The van der Waals surface area contributed by atoms with Crippen LogP contribution in [0.25, 0.3) is 0 Å². The van der Waals surface area contributed by atoms with Gasteiger partial charge in [0.25, 0.3) is 0 Å². The van der Waals surface area contributed by atoms with Crippen molar-refractivity contribution in [1.29, 1.82) is 0 Å². The van der Waals surface area contributed by atoms with Gasteiger partial charge in [-0.2, -0.15) is 0 Å². The van der Waals surface area contributed by atoms with Gasteiger partial charge in [-0.05, 0) is 54.8 Å². The highest BCUT2D eigenvalue weighted by Crippen LogP contribution is 2.13. The van der Waals surface area contributed by atoms with Crippen molar-refractivity contribution < 1.29 is 14.3 Å². The molecule has 0 fully saturated rings. The molecule has 0 bridgehead atoms. The molecular formula is C26H28N2O3. The first kappa shape index (κ1) is 22.1. The van der Waals surface area contributed by atoms with Crippen LogP contribution in [0.15, 0.2) is 72.8 Å². The molecule has 31 heavy (non-hydrogen) atoms. The fourth-order valence-electron chi connectivity index (χ4n) is 3.19. The summed E-state index contributed by atoms with van der Waals surface area (Å²) in [6, 6.07) is 23.4. The van der Waals surface area contributed by atoms with Crippen LogP contribution in [0.4, 0.5) is 5.69 Å². The number of nitrogens with one attached hydrogen (secondary N) is 2. The van der Waals surface area contributed by atoms with E-state index < -0.39 is 0 Å². The van der Waals surface area contributed by atoms with Gasteiger partial charge in [0.1, 0.15) is 0 Å². The Morgan fingerprint density at radius 2 is 1.55 bits per heavy atom. The molecule has 1 amide bonds. The van der Waals surface area contributed by atoms with Crippen molar-refractivity contribution in [1.82, 2.24) is 5.32 Å². The van der Waals surface area contributed by atoms with Gasteiger partial charge in [0, 0.05) is 18.8 Å². The lowest BCUT2D eigenvalue weighted by Gasteiger charge is -2.09. The van der Waals surface area contributed by atoms with Crippen LogP contribution in [0, 0.1) is 6.92 Å². The van der Waals surface area contributed by atoms with E-state index in [1.54, 1.807) is 19.1 Å². The molecule has 0 heterocycles. The molecule has 2 N–H and O–H groups in total. The Labute approximate surface area is 183 Å². The second kappa shape index (κ2) is 11.0. The smallest absolute Gasteiger partial charge is 0.338 e. The number of rotatable bonds is 9. The van der Waals surface area contributed by atoms with E-state index in [9.17, 15) is 9.59 Å². The van der Waals surface area contributed by atoms with Gasteiger partial charge in [0.15, 0.2) is 0 Å². The summed E-state index contributed by atoms with van der Waals surface area (Å²) in [7, 11) is 0. The largest absolute Gasteiger partial charge is 0.462 e. The zero-order valence-electron chi connectivity index (χ0n) is 18.0. The van der Waals surface area contributed by atoms with Crippen molar-refractivity contribution in [3.8, 4) is 0 Å². The fourth-order valence-corrected chi connectivity index (χ4v) is 3.19. The van der Waals surface area contributed by atoms with Gasteiger partial charge in [0.2, 0.25) is 5.91 Å². The molecule has 5 heteroatoms. The van der Waals surface area contributed by atoms with Gasteiger partial charge < -0.3 is 15.4 Å². The molecule has 3 aromatic carbocycles. The number of ether oxygens (including phenoxy) is 1. The molecular weight excluding hydrogens is 388 g/mol. The van der Waals surface area contributed by atoms with Crippen molar-refractivity contribution in [2.24, 2.45) is 0 Å². The molecule has 0 aliphatic heterocycles. The van der Waals surface area contributed by atoms with Gasteiger partial charge in [-0.15, -0.1) is 0 Å². The number of amides is 1. The molecule has 0 aliphatic carbocycles. The SMILES string of the molecule is CCOC(=O)c1ccc(CNC(=O)Cc2ccc(NCc3cccc(C)c3)cc2)cc1. The minimum absolute atomic E-state index is 0.0464. The average Bonchev–Trinajstić information content (AvgIpc) is 2.78. The standard InChI is InChI=1S/C26H28N2O3/c1-3-31-26(30)23-11-7-21(8-12-23)17-28-25(29)16-20-9-13-24(14-10-20)27-18-22-6-4-5-19(2)15-22/h4-15,27H,3,16-18H2,1-2H3,(H,28,29). The lowest BCUT2D eigenvalue weighted by Crippen LogP contribution is -2.24. The first-order chi connectivity index (χ1) is 15.0. The normalized spacial score (nSPS) is 10.4. The molecule has 0 aromatic heterocycles. The number of anilines is 1. The highest BCUT2D eigenvalue weighted by Gasteiger charge is 2.07. The number of carbonyl (C=O) groups is 2. The molecule has 3 aromatic rings. The quantitative estimate of drug-likeness (QED) is 0.499. The minimum atomic E-state index is -0.338. The number of hydrogen-bond acceptors (Lipinski definition) is 4. The first-order valence-electron chi connectivity index (χ1n) is 10.4. The molecule has 5 nitrogen and oxygen atoms in total. The number of hydrogen-bond donors (Lipinski definition) is 2. The van der Waals surface area contributed by atoms with E-state index in [2.05, 4.69) is 41.8 Å². The van der Waals surface area contributed by atoms with Gasteiger partial charge >= 0.3 is 5.97 Å². The third kappa shape index (κ3) is 7.00. The maximum atomic E-state index is 12.3. The molecule has 3 rings (SSSR count). The van der Waals surface area contributed by atoms with Crippen molar-refractivity contribution in [2.75, 3.05) is 11.9 Å². The van der Waals surface area contributed by atoms with E-state index in [0.717, 1.165) is 23.4 Å². The Morgan fingerprint density at radius 1 is 0.839 bits per heavy atom. The van der Waals surface area contributed by atoms with Crippen molar-refractivity contribution in [3.63, 3.8) is 0 Å². The van der Waals surface area contributed by atoms with Crippen LogP contribution >= 0.6 is 0 Å². The van der Waals surface area contributed by atoms with Gasteiger partial charge in [-0.3, -0.25) is 4.79 Å². The fraction of sp³-hybridized carbons (Fsp3) is 0.231. The van der Waals surface area contributed by atoms with Crippen LogP contribution < -0.4 is 10.6 Å². The zero-order chi connectivity index (χ0) is 22.1. The molecule has 0 aliphatic rings. The molecule has 160 valence electrons. The highest BCUT2D eigenvalue weighted by molar-refractivity contribution is 5.89. The molecule has 0 unspecified atom stereocenters. The summed E-state index contributed by atoms with van der Waals surface area (Å²) in [5.41, 5.74) is 5.89. The number of esters is 1. The van der Waals surface area contributed by atoms with Gasteiger partial charge in [-0.25, -0.2) is 4.79 Å². The topological polar surface area (TPSA) is 67.4 Å². The third-order valence-electron chi connectivity index (χ3n) is 4.85. The summed E-state index contributed by atoms with van der Waals surface area (Å²) in [5.74, 6) is -0.384. The van der Waals surface area contributed by atoms with Crippen LogP contribution in [0.2, 0.25) is 0 Å². The summed E-state index contributed by atoms with van der Waals surface area (Å²) in [5, 5.41) is 6.32. The Hall–Kier alpha value is -3.60. The molecule has 0 radical (unpaired) electrons. The second-order valence-corrected chi connectivity index (χ2v) is 7.41. The highest BCUT2D eigenvalue weighted by atomic mass is 16.5. The second-order valence-electron chi connectivity index (χ2n) is 7.41. The average molecular weight is 417 g/mol. The summed E-state index contributed by atoms with van der Waals surface area (Å²) in [6.07, 6.45) is 0.319. The van der Waals surface area contributed by atoms with E-state index in [-0.39, 0.29) is 11.9 Å². The lowest BCUT2D eigenvalue weighted by molar-refractivity contribution is -0.120. The summed E-state index contributed by atoms with van der Waals surface area (Å²) < 4.78 is 4.97. The van der Waals surface area contributed by atoms with Crippen LogP contribution in [0.3, 0.4) is 0 Å². The van der Waals surface area contributed by atoms with Crippen LogP contribution in [-0.2, 0) is 29.0 Å². The van der Waals surface area contributed by atoms with E-state index in [0.29, 0.717) is 25.1 Å². The molecule has 0 spiro atoms. The zero-order valence-corrected chi connectivity index (χ0v) is 18.0. The van der Waals surface area contributed by atoms with Gasteiger partial charge in [0.05, 0.1) is 18.6 Å². The summed E-state index contributed by atoms with van der Waals surface area (Å²) >= 11 is 0. The van der Waals surface area contributed by atoms with Gasteiger partial charge in [-0.1, -0.05) is 54.1 Å². The Morgan fingerprint density at radius 3 is 2.23 bits per heavy atom. The van der Waals surface area contributed by atoms with Crippen LogP contribution in [-0.4, -0.2) is 18.5 Å². The Kier molecular flexibility index (Phi) is 7.82. The summed E-state index contributed by atoms with van der Waals surface area (Å²) in [6.45, 7) is 5.38. The van der Waals surface area contributed by atoms with E-state index in [4.69, 9.17) is 4.74 Å². The van der Waals surface area contributed by atoms with E-state index >= 15 is 0 Å². The Bertz CT molecular complexity index is 1010. The summed E-state index contributed by atoms with van der Waals surface area (Å²) in [4.78, 5) is 24.0. The van der Waals surface area contributed by atoms with Crippen molar-refractivity contribution in [2.45, 2.75) is 33.4 Å². The number of carbonyl (C=O) groups excluding carboxylic acids is 2. The number of benzene rings is 3. The van der Waals surface area contributed by atoms with Crippen molar-refractivity contribution >= 4 is 17.6 Å². The minimum Gasteiger partial charge on any atom is -0.462 e. The van der Waals surface area contributed by atoms with E-state index in [1.807, 2.05) is 36.4 Å². The lowest BCUT2D eigenvalue weighted by atomic mass is 10.1. The predicted octanol–water partition coefficient (Wildman–Crippen LogP) is 4.64. The molecule has 0 saturated heterocycles. The van der Waals surface area contributed by atoms with Crippen LogP contribution in [0.1, 0.15) is 39.5 Å².